The van der Waals surface area contributed by atoms with Crippen LogP contribution in [0.4, 0.5) is 5.69 Å². The van der Waals surface area contributed by atoms with Crippen LogP contribution in [0.5, 0.6) is 17.2 Å². The molecule has 9 heteroatoms. The SMILES string of the molecule is COc1cccc(NC(=O)C(=O)NN=Cc2cc3c(cc2Br)OCO3)c1. The Kier molecular flexibility index (Phi) is 5.37. The predicted molar refractivity (Wildman–Crippen MR) is 97.6 cm³/mol. The van der Waals surface area contributed by atoms with E-state index < -0.39 is 11.8 Å². The van der Waals surface area contributed by atoms with Crippen molar-refractivity contribution in [3.63, 3.8) is 0 Å². The molecule has 0 bridgehead atoms. The van der Waals surface area contributed by atoms with Gasteiger partial charge >= 0.3 is 11.8 Å². The summed E-state index contributed by atoms with van der Waals surface area (Å²) in [6.45, 7) is 0.156. The second kappa shape index (κ2) is 7.87. The first-order valence-corrected chi connectivity index (χ1v) is 8.23. The Hall–Kier alpha value is -3.07. The maximum Gasteiger partial charge on any atom is 0.329 e. The van der Waals surface area contributed by atoms with E-state index in [1.54, 1.807) is 36.4 Å². The normalized spacial score (nSPS) is 12.1. The zero-order valence-electron chi connectivity index (χ0n) is 13.6. The van der Waals surface area contributed by atoms with Crippen molar-refractivity contribution in [2.45, 2.75) is 0 Å². The highest BCUT2D eigenvalue weighted by Gasteiger charge is 2.16. The number of rotatable bonds is 4. The van der Waals surface area contributed by atoms with Gasteiger partial charge in [-0.1, -0.05) is 6.07 Å². The van der Waals surface area contributed by atoms with E-state index >= 15 is 0 Å². The van der Waals surface area contributed by atoms with Gasteiger partial charge in [-0.3, -0.25) is 9.59 Å². The lowest BCUT2D eigenvalue weighted by molar-refractivity contribution is -0.136. The van der Waals surface area contributed by atoms with Crippen molar-refractivity contribution < 1.29 is 23.8 Å². The first-order chi connectivity index (χ1) is 12.6. The Morgan fingerprint density at radius 1 is 1.19 bits per heavy atom. The Bertz CT molecular complexity index is 885. The summed E-state index contributed by atoms with van der Waals surface area (Å²) in [5.74, 6) is 0.0162. The number of anilines is 1. The first kappa shape index (κ1) is 17.7. The van der Waals surface area contributed by atoms with Gasteiger partial charge in [-0.2, -0.15) is 5.10 Å². The number of hydrogen-bond acceptors (Lipinski definition) is 6. The van der Waals surface area contributed by atoms with Crippen molar-refractivity contribution in [1.82, 2.24) is 5.43 Å². The highest BCUT2D eigenvalue weighted by molar-refractivity contribution is 9.10. The highest BCUT2D eigenvalue weighted by Crippen LogP contribution is 2.36. The zero-order chi connectivity index (χ0) is 18.5. The van der Waals surface area contributed by atoms with E-state index in [9.17, 15) is 9.59 Å². The average molecular weight is 420 g/mol. The number of hydrazone groups is 1. The monoisotopic (exact) mass is 419 g/mol. The predicted octanol–water partition coefficient (Wildman–Crippen LogP) is 2.28. The van der Waals surface area contributed by atoms with Crippen LogP contribution in [0.15, 0.2) is 46.0 Å². The summed E-state index contributed by atoms with van der Waals surface area (Å²) in [6, 6.07) is 10.1. The fourth-order valence-corrected chi connectivity index (χ4v) is 2.56. The molecule has 2 aromatic rings. The third-order valence-electron chi connectivity index (χ3n) is 3.40. The van der Waals surface area contributed by atoms with E-state index in [0.29, 0.717) is 33.0 Å². The lowest BCUT2D eigenvalue weighted by Crippen LogP contribution is -2.32. The number of amides is 2. The van der Waals surface area contributed by atoms with Crippen LogP contribution in [-0.2, 0) is 9.59 Å². The molecular formula is C17H14BrN3O5. The van der Waals surface area contributed by atoms with Gasteiger partial charge in [-0.15, -0.1) is 0 Å². The third-order valence-corrected chi connectivity index (χ3v) is 4.08. The molecule has 2 aromatic carbocycles. The van der Waals surface area contributed by atoms with Gasteiger partial charge in [0, 0.05) is 21.8 Å². The number of ether oxygens (including phenoxy) is 3. The Labute approximate surface area is 157 Å². The van der Waals surface area contributed by atoms with Crippen molar-refractivity contribution in [2.75, 3.05) is 19.2 Å². The van der Waals surface area contributed by atoms with Gasteiger partial charge in [-0.05, 0) is 40.2 Å². The number of benzene rings is 2. The van der Waals surface area contributed by atoms with E-state index in [0.717, 1.165) is 0 Å². The number of nitrogens with one attached hydrogen (secondary N) is 2. The summed E-state index contributed by atoms with van der Waals surface area (Å²) in [4.78, 5) is 23.7. The number of carbonyl (C=O) groups excluding carboxylic acids is 2. The molecule has 0 saturated heterocycles. The van der Waals surface area contributed by atoms with Crippen LogP contribution in [-0.4, -0.2) is 31.9 Å². The molecule has 26 heavy (non-hydrogen) atoms. The fourth-order valence-electron chi connectivity index (χ4n) is 2.13. The third kappa shape index (κ3) is 4.12. The molecule has 0 saturated carbocycles. The van der Waals surface area contributed by atoms with Crippen LogP contribution in [0, 0.1) is 0 Å². The van der Waals surface area contributed by atoms with Gasteiger partial charge in [0.05, 0.1) is 13.3 Å². The number of halogens is 1. The van der Waals surface area contributed by atoms with Crippen molar-refractivity contribution in [3.05, 3.63) is 46.4 Å². The molecule has 0 atom stereocenters. The zero-order valence-corrected chi connectivity index (χ0v) is 15.2. The van der Waals surface area contributed by atoms with Gasteiger partial charge in [0.1, 0.15) is 5.75 Å². The van der Waals surface area contributed by atoms with Crippen LogP contribution in [0.2, 0.25) is 0 Å². The van der Waals surface area contributed by atoms with Gasteiger partial charge in [0.15, 0.2) is 11.5 Å². The molecule has 1 aliphatic rings. The lowest BCUT2D eigenvalue weighted by Gasteiger charge is -2.06. The molecule has 8 nitrogen and oxygen atoms in total. The summed E-state index contributed by atoms with van der Waals surface area (Å²) in [5.41, 5.74) is 3.26. The molecule has 0 spiro atoms. The quantitative estimate of drug-likeness (QED) is 0.449. The molecule has 0 fully saturated rings. The van der Waals surface area contributed by atoms with Crippen LogP contribution < -0.4 is 25.0 Å². The molecule has 2 N–H and O–H groups in total. The number of nitrogens with zero attached hydrogens (tertiary/aromatic N) is 1. The van der Waals surface area contributed by atoms with E-state index in [2.05, 4.69) is 31.8 Å². The second-order valence-corrected chi connectivity index (χ2v) is 5.97. The minimum Gasteiger partial charge on any atom is -0.497 e. The van der Waals surface area contributed by atoms with Crippen LogP contribution in [0.3, 0.4) is 0 Å². The molecule has 0 radical (unpaired) electrons. The summed E-state index contributed by atoms with van der Waals surface area (Å²) >= 11 is 3.37. The number of fused-ring (bicyclic) bond motifs is 1. The average Bonchev–Trinajstić information content (AvgIpc) is 3.08. The molecule has 0 aliphatic carbocycles. The number of methoxy groups -OCH3 is 1. The highest BCUT2D eigenvalue weighted by atomic mass is 79.9. The number of carbonyl (C=O) groups is 2. The molecule has 3 rings (SSSR count). The molecule has 0 unspecified atom stereocenters. The van der Waals surface area contributed by atoms with E-state index in [-0.39, 0.29) is 6.79 Å². The topological polar surface area (TPSA) is 98.2 Å². The maximum atomic E-state index is 11.9. The molecule has 0 aromatic heterocycles. The second-order valence-electron chi connectivity index (χ2n) is 5.11. The van der Waals surface area contributed by atoms with E-state index in [1.807, 2.05) is 0 Å². The molecule has 134 valence electrons. The van der Waals surface area contributed by atoms with Gasteiger partial charge < -0.3 is 19.5 Å². The van der Waals surface area contributed by atoms with E-state index in [4.69, 9.17) is 14.2 Å². The summed E-state index contributed by atoms with van der Waals surface area (Å²) in [7, 11) is 1.51. The van der Waals surface area contributed by atoms with Crippen molar-refractivity contribution >= 4 is 39.6 Å². The number of hydrogen-bond donors (Lipinski definition) is 2. The molecule has 1 aliphatic heterocycles. The smallest absolute Gasteiger partial charge is 0.329 e. The largest absolute Gasteiger partial charge is 0.497 e. The van der Waals surface area contributed by atoms with Crippen LogP contribution in [0.25, 0.3) is 0 Å². The van der Waals surface area contributed by atoms with Crippen molar-refractivity contribution in [3.8, 4) is 17.2 Å². The Balaban J connectivity index is 1.59. The van der Waals surface area contributed by atoms with Crippen LogP contribution >= 0.6 is 15.9 Å². The van der Waals surface area contributed by atoms with Gasteiger partial charge in [-0.25, -0.2) is 5.43 Å². The molecule has 1 heterocycles. The summed E-state index contributed by atoms with van der Waals surface area (Å²) in [5, 5.41) is 6.25. The Morgan fingerprint density at radius 2 is 1.96 bits per heavy atom. The van der Waals surface area contributed by atoms with Gasteiger partial charge in [0.2, 0.25) is 6.79 Å². The lowest BCUT2D eigenvalue weighted by atomic mass is 10.2. The summed E-state index contributed by atoms with van der Waals surface area (Å²) in [6.07, 6.45) is 1.39. The maximum absolute atomic E-state index is 11.9. The van der Waals surface area contributed by atoms with Crippen LogP contribution in [0.1, 0.15) is 5.56 Å². The van der Waals surface area contributed by atoms with Crippen molar-refractivity contribution in [1.29, 1.82) is 0 Å². The standard InChI is InChI=1S/C17H14BrN3O5/c1-24-12-4-2-3-11(6-12)20-16(22)17(23)21-19-8-10-5-14-15(7-13(10)18)26-9-25-14/h2-8H,9H2,1H3,(H,20,22)(H,21,23). The van der Waals surface area contributed by atoms with E-state index in [1.165, 1.54) is 13.3 Å². The van der Waals surface area contributed by atoms with Gasteiger partial charge in [0.25, 0.3) is 0 Å². The minimum absolute atomic E-state index is 0.156. The first-order valence-electron chi connectivity index (χ1n) is 7.44. The molecular weight excluding hydrogens is 406 g/mol. The fraction of sp³-hybridized carbons (Fsp3) is 0.118. The van der Waals surface area contributed by atoms with Crippen molar-refractivity contribution in [2.24, 2.45) is 5.10 Å². The Morgan fingerprint density at radius 3 is 2.73 bits per heavy atom. The summed E-state index contributed by atoms with van der Waals surface area (Å²) < 4.78 is 16.3. The minimum atomic E-state index is -0.902. The molecule has 2 amide bonds.